The fraction of sp³-hybridized carbons (Fsp3) is 0.400. The Morgan fingerprint density at radius 2 is 1.72 bits per heavy atom. The second-order valence-electron chi connectivity index (χ2n) is 7.78. The number of aromatic nitrogens is 2. The first kappa shape index (κ1) is 24.2. The van der Waals surface area contributed by atoms with E-state index in [2.05, 4.69) is 40.2 Å². The van der Waals surface area contributed by atoms with Gasteiger partial charge < -0.3 is 9.30 Å². The van der Waals surface area contributed by atoms with Crippen LogP contribution in [0.3, 0.4) is 0 Å². The predicted octanol–water partition coefficient (Wildman–Crippen LogP) is 7.02. The van der Waals surface area contributed by atoms with Gasteiger partial charge in [0.05, 0.1) is 5.69 Å². The van der Waals surface area contributed by atoms with Crippen LogP contribution in [0.2, 0.25) is 5.15 Å². The van der Waals surface area contributed by atoms with E-state index >= 15 is 0 Å². The molecule has 0 spiro atoms. The number of hydrogen-bond acceptors (Lipinski definition) is 3. The minimum atomic E-state index is -2.82. The molecule has 3 aromatic rings. The van der Waals surface area contributed by atoms with E-state index in [4.69, 9.17) is 16.6 Å². The van der Waals surface area contributed by atoms with E-state index in [0.717, 1.165) is 55.0 Å². The minimum absolute atomic E-state index is 0.166. The zero-order valence-electron chi connectivity index (χ0n) is 18.6. The normalized spacial score (nSPS) is 11.5. The zero-order valence-corrected chi connectivity index (χ0v) is 19.4. The first-order valence-corrected chi connectivity index (χ1v) is 11.5. The van der Waals surface area contributed by atoms with Crippen LogP contribution in [0.5, 0.6) is 5.75 Å². The highest BCUT2D eigenvalue weighted by atomic mass is 35.5. The van der Waals surface area contributed by atoms with Gasteiger partial charge in [0.15, 0.2) is 5.15 Å². The molecule has 0 bridgehead atoms. The Morgan fingerprint density at radius 1 is 1.00 bits per heavy atom. The Morgan fingerprint density at radius 3 is 2.34 bits per heavy atom. The monoisotopic (exact) mass is 461 g/mol. The number of ether oxygens (including phenoxy) is 1. The number of hydrogen-bond donors (Lipinski definition) is 0. The van der Waals surface area contributed by atoms with Gasteiger partial charge in [-0.3, -0.25) is 4.90 Å². The van der Waals surface area contributed by atoms with Crippen molar-refractivity contribution >= 4 is 11.6 Å². The van der Waals surface area contributed by atoms with Crippen molar-refractivity contribution in [1.82, 2.24) is 14.5 Å². The summed E-state index contributed by atoms with van der Waals surface area (Å²) in [5.41, 5.74) is 3.08. The van der Waals surface area contributed by atoms with Gasteiger partial charge in [0, 0.05) is 25.2 Å². The molecule has 7 heteroatoms. The maximum atomic E-state index is 12.4. The molecule has 0 saturated heterocycles. The van der Waals surface area contributed by atoms with Gasteiger partial charge in [-0.25, -0.2) is 4.98 Å². The van der Waals surface area contributed by atoms with E-state index < -0.39 is 6.61 Å². The minimum Gasteiger partial charge on any atom is -0.435 e. The summed E-state index contributed by atoms with van der Waals surface area (Å²) in [7, 11) is 0. The SMILES string of the molecule is CCCCn1c(-c2ccccc2)nc(Cl)c1CN(CCC)Cc1ccc(OC(F)F)cc1. The highest BCUT2D eigenvalue weighted by Gasteiger charge is 2.19. The molecule has 4 nitrogen and oxygen atoms in total. The van der Waals surface area contributed by atoms with Crippen molar-refractivity contribution in [3.05, 3.63) is 71.0 Å². The van der Waals surface area contributed by atoms with Crippen LogP contribution in [0.25, 0.3) is 11.4 Å². The number of unbranched alkanes of at least 4 members (excludes halogenated alkanes) is 1. The average molecular weight is 462 g/mol. The van der Waals surface area contributed by atoms with Gasteiger partial charge in [-0.1, -0.05) is 74.3 Å². The summed E-state index contributed by atoms with van der Waals surface area (Å²) in [6, 6.07) is 16.9. The number of alkyl halides is 2. The van der Waals surface area contributed by atoms with Crippen LogP contribution in [-0.4, -0.2) is 27.6 Å². The van der Waals surface area contributed by atoms with E-state index in [1.54, 1.807) is 12.1 Å². The lowest BCUT2D eigenvalue weighted by Crippen LogP contribution is -2.25. The van der Waals surface area contributed by atoms with E-state index in [9.17, 15) is 8.78 Å². The number of benzene rings is 2. The molecule has 0 aliphatic heterocycles. The standard InChI is InChI=1S/C25H30ClF2N3O/c1-3-5-16-31-22(23(26)29-24(31)20-9-7-6-8-10-20)18-30(15-4-2)17-19-11-13-21(14-12-19)32-25(27)28/h6-14,25H,3-5,15-18H2,1-2H3. The summed E-state index contributed by atoms with van der Waals surface area (Å²) >= 11 is 6.65. The molecule has 0 radical (unpaired) electrons. The van der Waals surface area contributed by atoms with Crippen molar-refractivity contribution in [3.8, 4) is 17.1 Å². The maximum absolute atomic E-state index is 12.4. The molecule has 0 fully saturated rings. The summed E-state index contributed by atoms with van der Waals surface area (Å²) in [5, 5.41) is 0.529. The summed E-state index contributed by atoms with van der Waals surface area (Å²) in [5.74, 6) is 1.06. The lowest BCUT2D eigenvalue weighted by Gasteiger charge is -2.23. The van der Waals surface area contributed by atoms with E-state index in [0.29, 0.717) is 18.2 Å². The second kappa shape index (κ2) is 12.0. The molecule has 3 rings (SSSR count). The van der Waals surface area contributed by atoms with Crippen molar-refractivity contribution in [1.29, 1.82) is 0 Å². The molecule has 0 atom stereocenters. The van der Waals surface area contributed by atoms with Crippen LogP contribution in [0.1, 0.15) is 44.4 Å². The number of rotatable bonds is 12. The van der Waals surface area contributed by atoms with Crippen molar-refractivity contribution in [3.63, 3.8) is 0 Å². The topological polar surface area (TPSA) is 30.3 Å². The Balaban J connectivity index is 1.84. The van der Waals surface area contributed by atoms with Gasteiger partial charge >= 0.3 is 6.61 Å². The summed E-state index contributed by atoms with van der Waals surface area (Å²) in [6.07, 6.45) is 3.10. The van der Waals surface area contributed by atoms with Crippen molar-refractivity contribution in [2.24, 2.45) is 0 Å². The van der Waals surface area contributed by atoms with E-state index in [1.807, 2.05) is 30.3 Å². The molecular formula is C25H30ClF2N3O. The summed E-state index contributed by atoms with van der Waals surface area (Å²) < 4.78 is 31.5. The first-order chi connectivity index (χ1) is 15.5. The van der Waals surface area contributed by atoms with Crippen molar-refractivity contribution in [2.45, 2.75) is 59.4 Å². The molecule has 1 aromatic heterocycles. The van der Waals surface area contributed by atoms with Gasteiger partial charge in [0.2, 0.25) is 0 Å². The third kappa shape index (κ3) is 6.53. The maximum Gasteiger partial charge on any atom is 0.387 e. The van der Waals surface area contributed by atoms with E-state index in [1.165, 1.54) is 0 Å². The van der Waals surface area contributed by atoms with Gasteiger partial charge in [-0.2, -0.15) is 8.78 Å². The van der Waals surface area contributed by atoms with Crippen LogP contribution >= 0.6 is 11.6 Å². The number of nitrogens with zero attached hydrogens (tertiary/aromatic N) is 3. The predicted molar refractivity (Wildman–Crippen MR) is 125 cm³/mol. The molecule has 0 aliphatic rings. The molecule has 0 amide bonds. The number of imidazole rings is 1. The molecule has 1 heterocycles. The molecule has 172 valence electrons. The lowest BCUT2D eigenvalue weighted by molar-refractivity contribution is -0.0498. The Bertz CT molecular complexity index is 961. The third-order valence-electron chi connectivity index (χ3n) is 5.26. The molecule has 2 aromatic carbocycles. The van der Waals surface area contributed by atoms with Crippen molar-refractivity contribution in [2.75, 3.05) is 6.54 Å². The molecule has 0 saturated carbocycles. The summed E-state index contributed by atoms with van der Waals surface area (Å²) in [4.78, 5) is 7.02. The third-order valence-corrected chi connectivity index (χ3v) is 5.56. The van der Waals surface area contributed by atoms with Gasteiger partial charge in [-0.15, -0.1) is 0 Å². The van der Waals surface area contributed by atoms with Gasteiger partial charge in [-0.05, 0) is 37.1 Å². The Labute approximate surface area is 193 Å². The van der Waals surface area contributed by atoms with Crippen molar-refractivity contribution < 1.29 is 13.5 Å². The Hall–Kier alpha value is -2.44. The molecule has 32 heavy (non-hydrogen) atoms. The van der Waals surface area contributed by atoms with Crippen LogP contribution < -0.4 is 4.74 Å². The second-order valence-corrected chi connectivity index (χ2v) is 8.14. The average Bonchev–Trinajstić information content (AvgIpc) is 3.09. The van der Waals surface area contributed by atoms with E-state index in [-0.39, 0.29) is 5.75 Å². The quantitative estimate of drug-likeness (QED) is 0.290. The molecule has 0 N–H and O–H groups in total. The molecule has 0 unspecified atom stereocenters. The number of halogens is 3. The molecular weight excluding hydrogens is 432 g/mol. The summed E-state index contributed by atoms with van der Waals surface area (Å²) in [6.45, 7) is 4.57. The highest BCUT2D eigenvalue weighted by molar-refractivity contribution is 6.30. The lowest BCUT2D eigenvalue weighted by atomic mass is 10.2. The van der Waals surface area contributed by atoms with Gasteiger partial charge in [0.1, 0.15) is 11.6 Å². The smallest absolute Gasteiger partial charge is 0.387 e. The first-order valence-electron chi connectivity index (χ1n) is 11.1. The fourth-order valence-electron chi connectivity index (χ4n) is 3.75. The van der Waals surface area contributed by atoms with Gasteiger partial charge in [0.25, 0.3) is 0 Å². The largest absolute Gasteiger partial charge is 0.435 e. The molecule has 0 aliphatic carbocycles. The fourth-order valence-corrected chi connectivity index (χ4v) is 3.99. The Kier molecular flexibility index (Phi) is 9.06. The zero-order chi connectivity index (χ0) is 22.9. The van der Waals surface area contributed by atoms with Crippen LogP contribution in [0.4, 0.5) is 8.78 Å². The van der Waals surface area contributed by atoms with Crippen LogP contribution in [-0.2, 0) is 19.6 Å². The van der Waals surface area contributed by atoms with Crippen LogP contribution in [0, 0.1) is 0 Å². The highest BCUT2D eigenvalue weighted by Crippen LogP contribution is 2.28. The van der Waals surface area contributed by atoms with Crippen LogP contribution in [0.15, 0.2) is 54.6 Å².